The van der Waals surface area contributed by atoms with Gasteiger partial charge in [0.05, 0.1) is 11.1 Å². The largest absolute Gasteiger partial charge is 0.493 e. The monoisotopic (exact) mass is 296 g/mol. The van der Waals surface area contributed by atoms with E-state index in [9.17, 15) is 0 Å². The van der Waals surface area contributed by atoms with Crippen molar-refractivity contribution in [3.05, 3.63) is 34.6 Å². The van der Waals surface area contributed by atoms with E-state index in [-0.39, 0.29) is 0 Å². The molecule has 0 aliphatic rings. The molecule has 0 saturated heterocycles. The van der Waals surface area contributed by atoms with E-state index in [1.165, 1.54) is 6.33 Å². The van der Waals surface area contributed by atoms with E-state index in [1.54, 1.807) is 0 Å². The van der Waals surface area contributed by atoms with Gasteiger partial charge >= 0.3 is 0 Å². The van der Waals surface area contributed by atoms with Gasteiger partial charge in [0.25, 0.3) is 0 Å². The molecule has 2 rings (SSSR count). The molecule has 5 nitrogen and oxygen atoms in total. The molecular weight excluding hydrogens is 284 g/mol. The fourth-order valence-electron chi connectivity index (χ4n) is 1.40. The number of halogens is 1. The summed E-state index contributed by atoms with van der Waals surface area (Å²) in [6.07, 6.45) is 1.47. The number of aromatic nitrogens is 3. The molecule has 90 valence electrons. The number of benzene rings is 1. The first kappa shape index (κ1) is 11.9. The minimum absolute atomic E-state index is 0.661. The Balaban J connectivity index is 2.00. The Labute approximate surface area is 108 Å². The van der Waals surface area contributed by atoms with Crippen molar-refractivity contribution >= 4 is 21.9 Å². The van der Waals surface area contributed by atoms with Crippen molar-refractivity contribution in [1.29, 1.82) is 0 Å². The molecule has 0 atom stereocenters. The molecule has 2 N–H and O–H groups in total. The summed E-state index contributed by atoms with van der Waals surface area (Å²) in [6.45, 7) is 3.31. The number of nitrogens with one attached hydrogen (secondary N) is 2. The van der Waals surface area contributed by atoms with E-state index in [0.717, 1.165) is 15.8 Å². The summed E-state index contributed by atoms with van der Waals surface area (Å²) in [6, 6.07) is 5.98. The molecule has 1 aromatic carbocycles. The van der Waals surface area contributed by atoms with Gasteiger partial charge in [-0.05, 0) is 40.5 Å². The summed E-state index contributed by atoms with van der Waals surface area (Å²) in [7, 11) is 0. The Hall–Kier alpha value is -1.56. The Kier molecular flexibility index (Phi) is 3.98. The van der Waals surface area contributed by atoms with Crippen LogP contribution in [0.2, 0.25) is 0 Å². The maximum absolute atomic E-state index is 5.45. The highest BCUT2D eigenvalue weighted by molar-refractivity contribution is 9.10. The van der Waals surface area contributed by atoms with Crippen LogP contribution >= 0.6 is 15.9 Å². The molecule has 2 aromatic rings. The zero-order valence-corrected chi connectivity index (χ0v) is 11.0. The highest BCUT2D eigenvalue weighted by atomic mass is 79.9. The zero-order chi connectivity index (χ0) is 12.1. The molecule has 0 fully saturated rings. The van der Waals surface area contributed by atoms with E-state index in [2.05, 4.69) is 36.4 Å². The SMILES string of the molecule is CCOc1ccc(CNc2ncn[nH]2)cc1Br. The number of hydrogen-bond donors (Lipinski definition) is 2. The van der Waals surface area contributed by atoms with Crippen LogP contribution < -0.4 is 10.1 Å². The van der Waals surface area contributed by atoms with Crippen molar-refractivity contribution in [2.24, 2.45) is 0 Å². The molecule has 6 heteroatoms. The van der Waals surface area contributed by atoms with Gasteiger partial charge in [-0.15, -0.1) is 0 Å². The summed E-state index contributed by atoms with van der Waals surface area (Å²) >= 11 is 3.48. The highest BCUT2D eigenvalue weighted by Gasteiger charge is 2.02. The third-order valence-corrected chi connectivity index (χ3v) is 2.79. The average Bonchev–Trinajstić information content (AvgIpc) is 2.83. The third kappa shape index (κ3) is 3.20. The maximum atomic E-state index is 5.45. The van der Waals surface area contributed by atoms with Crippen molar-refractivity contribution in [3.63, 3.8) is 0 Å². The second-order valence-corrected chi connectivity index (χ2v) is 4.24. The second-order valence-electron chi connectivity index (χ2n) is 3.39. The third-order valence-electron chi connectivity index (χ3n) is 2.17. The van der Waals surface area contributed by atoms with Crippen LogP contribution in [0, 0.1) is 0 Å². The fraction of sp³-hybridized carbons (Fsp3) is 0.273. The Bertz CT molecular complexity index is 472. The van der Waals surface area contributed by atoms with Crippen molar-refractivity contribution in [3.8, 4) is 5.75 Å². The van der Waals surface area contributed by atoms with Crippen LogP contribution in [0.5, 0.6) is 5.75 Å². The molecule has 1 aromatic heterocycles. The molecule has 0 unspecified atom stereocenters. The van der Waals surface area contributed by atoms with Gasteiger partial charge in [0.2, 0.25) is 5.95 Å². The molecule has 0 amide bonds. The van der Waals surface area contributed by atoms with Crippen LogP contribution in [0.4, 0.5) is 5.95 Å². The molecule has 1 heterocycles. The van der Waals surface area contributed by atoms with Crippen LogP contribution in [0.15, 0.2) is 29.0 Å². The quantitative estimate of drug-likeness (QED) is 0.890. The van der Waals surface area contributed by atoms with Crippen molar-refractivity contribution in [2.45, 2.75) is 13.5 Å². The number of anilines is 1. The van der Waals surface area contributed by atoms with Crippen LogP contribution in [-0.4, -0.2) is 21.8 Å². The Morgan fingerprint density at radius 2 is 2.35 bits per heavy atom. The first-order valence-corrected chi connectivity index (χ1v) is 6.09. The summed E-state index contributed by atoms with van der Waals surface area (Å²) in [4.78, 5) is 3.99. The van der Waals surface area contributed by atoms with E-state index >= 15 is 0 Å². The predicted octanol–water partition coefficient (Wildman–Crippen LogP) is 2.58. The molecule has 0 aliphatic carbocycles. The van der Waals surface area contributed by atoms with Crippen LogP contribution in [-0.2, 0) is 6.54 Å². The van der Waals surface area contributed by atoms with Gasteiger partial charge in [0, 0.05) is 6.54 Å². The molecular formula is C11H13BrN4O. The molecule has 0 radical (unpaired) electrons. The number of rotatable bonds is 5. The standard InChI is InChI=1S/C11H13BrN4O/c1-2-17-10-4-3-8(5-9(10)12)6-13-11-14-7-15-16-11/h3-5,7H,2,6H2,1H3,(H2,13,14,15,16). The van der Waals surface area contributed by atoms with Crippen LogP contribution in [0.3, 0.4) is 0 Å². The Morgan fingerprint density at radius 1 is 1.47 bits per heavy atom. The lowest BCUT2D eigenvalue weighted by Gasteiger charge is -2.08. The van der Waals surface area contributed by atoms with Crippen molar-refractivity contribution in [1.82, 2.24) is 15.2 Å². The fourth-order valence-corrected chi connectivity index (χ4v) is 1.94. The smallest absolute Gasteiger partial charge is 0.218 e. The van der Waals surface area contributed by atoms with Crippen LogP contribution in [0.25, 0.3) is 0 Å². The lowest BCUT2D eigenvalue weighted by Crippen LogP contribution is -2.01. The van der Waals surface area contributed by atoms with Gasteiger partial charge in [0.15, 0.2) is 0 Å². The summed E-state index contributed by atoms with van der Waals surface area (Å²) in [5.41, 5.74) is 1.14. The molecule has 0 bridgehead atoms. The molecule has 0 aliphatic heterocycles. The van der Waals surface area contributed by atoms with Gasteiger partial charge in [0.1, 0.15) is 12.1 Å². The zero-order valence-electron chi connectivity index (χ0n) is 9.40. The van der Waals surface area contributed by atoms with E-state index < -0.39 is 0 Å². The van der Waals surface area contributed by atoms with E-state index in [1.807, 2.05) is 25.1 Å². The summed E-state index contributed by atoms with van der Waals surface area (Å²) in [5.74, 6) is 1.52. The van der Waals surface area contributed by atoms with Crippen molar-refractivity contribution < 1.29 is 4.74 Å². The molecule has 0 spiro atoms. The molecule has 17 heavy (non-hydrogen) atoms. The Morgan fingerprint density at radius 3 is 3.00 bits per heavy atom. The van der Waals surface area contributed by atoms with Gasteiger partial charge < -0.3 is 10.1 Å². The lowest BCUT2D eigenvalue weighted by molar-refractivity contribution is 0.338. The first-order chi connectivity index (χ1) is 8.29. The minimum atomic E-state index is 0.661. The maximum Gasteiger partial charge on any atom is 0.218 e. The molecule has 0 saturated carbocycles. The first-order valence-electron chi connectivity index (χ1n) is 5.30. The van der Waals surface area contributed by atoms with E-state index in [0.29, 0.717) is 19.1 Å². The van der Waals surface area contributed by atoms with Crippen molar-refractivity contribution in [2.75, 3.05) is 11.9 Å². The summed E-state index contributed by atoms with van der Waals surface area (Å²) in [5, 5.41) is 9.64. The van der Waals surface area contributed by atoms with Crippen LogP contribution in [0.1, 0.15) is 12.5 Å². The number of hydrogen-bond acceptors (Lipinski definition) is 4. The number of H-pyrrole nitrogens is 1. The predicted molar refractivity (Wildman–Crippen MR) is 69.0 cm³/mol. The topological polar surface area (TPSA) is 62.8 Å². The normalized spacial score (nSPS) is 10.2. The van der Waals surface area contributed by atoms with E-state index in [4.69, 9.17) is 4.74 Å². The summed E-state index contributed by atoms with van der Waals surface area (Å²) < 4.78 is 6.40. The van der Waals surface area contributed by atoms with Gasteiger partial charge in [-0.2, -0.15) is 5.10 Å². The van der Waals surface area contributed by atoms with Gasteiger partial charge in [-0.25, -0.2) is 10.1 Å². The average molecular weight is 297 g/mol. The number of aromatic amines is 1. The number of ether oxygens (including phenoxy) is 1. The second kappa shape index (κ2) is 5.67. The number of nitrogens with zero attached hydrogens (tertiary/aromatic N) is 2. The highest BCUT2D eigenvalue weighted by Crippen LogP contribution is 2.26. The van der Waals surface area contributed by atoms with Gasteiger partial charge in [-0.3, -0.25) is 0 Å². The minimum Gasteiger partial charge on any atom is -0.493 e. The lowest BCUT2D eigenvalue weighted by atomic mass is 10.2. The van der Waals surface area contributed by atoms with Gasteiger partial charge in [-0.1, -0.05) is 6.07 Å².